The highest BCUT2D eigenvalue weighted by molar-refractivity contribution is 9.09. The molecule has 5 heteroatoms. The van der Waals surface area contributed by atoms with Gasteiger partial charge in [0.25, 0.3) is 5.91 Å². The second-order valence-electron chi connectivity index (χ2n) is 3.39. The number of carbonyl (C=O) groups is 1. The Morgan fingerprint density at radius 2 is 2.40 bits per heavy atom. The molecule has 1 heterocycles. The molecule has 0 aliphatic rings. The fourth-order valence-corrected chi connectivity index (χ4v) is 2.43. The fourth-order valence-electron chi connectivity index (χ4n) is 1.09. The van der Waals surface area contributed by atoms with Gasteiger partial charge in [-0.05, 0) is 17.9 Å². The molecule has 0 saturated carbocycles. The molecule has 1 atom stereocenters. The smallest absolute Gasteiger partial charge is 0.265 e. The van der Waals surface area contributed by atoms with E-state index in [9.17, 15) is 4.79 Å². The van der Waals surface area contributed by atoms with Crippen molar-refractivity contribution in [1.29, 1.82) is 0 Å². The first-order valence-electron chi connectivity index (χ1n) is 4.65. The highest BCUT2D eigenvalue weighted by Gasteiger charge is 2.16. The van der Waals surface area contributed by atoms with E-state index in [1.54, 1.807) is 18.0 Å². The monoisotopic (exact) mass is 309 g/mol. The lowest BCUT2D eigenvalue weighted by atomic mass is 10.3. The summed E-state index contributed by atoms with van der Waals surface area (Å²) in [5.41, 5.74) is 0. The maximum Gasteiger partial charge on any atom is 0.265 e. The van der Waals surface area contributed by atoms with Gasteiger partial charge in [0, 0.05) is 18.4 Å². The van der Waals surface area contributed by atoms with E-state index in [-0.39, 0.29) is 5.91 Å². The average Bonchev–Trinajstić information content (AvgIpc) is 2.59. The summed E-state index contributed by atoms with van der Waals surface area (Å²) in [7, 11) is 1.80. The van der Waals surface area contributed by atoms with Crippen LogP contribution in [0.25, 0.3) is 0 Å². The Bertz CT molecular complexity index is 340. The van der Waals surface area contributed by atoms with Crippen molar-refractivity contribution in [3.8, 4) is 0 Å². The fraction of sp³-hybridized carbons (Fsp3) is 0.500. The second kappa shape index (κ2) is 5.87. The Hall–Kier alpha value is -0.0600. The molecule has 1 aromatic rings. The number of hydrogen-bond donors (Lipinski definition) is 0. The van der Waals surface area contributed by atoms with Gasteiger partial charge in [0.05, 0.1) is 5.02 Å². The molecular weight excluding hydrogens is 298 g/mol. The minimum absolute atomic E-state index is 0.00292. The zero-order valence-electron chi connectivity index (χ0n) is 8.67. The summed E-state index contributed by atoms with van der Waals surface area (Å²) in [5.74, 6) is 0.00292. The van der Waals surface area contributed by atoms with E-state index in [0.29, 0.717) is 14.7 Å². The quantitative estimate of drug-likeness (QED) is 0.777. The lowest BCUT2D eigenvalue weighted by molar-refractivity contribution is 0.0799. The number of thiophene rings is 1. The van der Waals surface area contributed by atoms with Crippen molar-refractivity contribution in [1.82, 2.24) is 4.90 Å². The van der Waals surface area contributed by atoms with E-state index >= 15 is 0 Å². The van der Waals surface area contributed by atoms with Crippen LogP contribution >= 0.6 is 38.9 Å². The highest BCUT2D eigenvalue weighted by Crippen LogP contribution is 2.23. The minimum atomic E-state index is 0.00292. The van der Waals surface area contributed by atoms with E-state index in [4.69, 9.17) is 11.6 Å². The predicted molar refractivity (Wildman–Crippen MR) is 69.3 cm³/mol. The number of nitrogens with zero attached hydrogens (tertiary/aromatic N) is 1. The second-order valence-corrected chi connectivity index (χ2v) is 6.28. The first kappa shape index (κ1) is 13.0. The van der Waals surface area contributed by atoms with Crippen molar-refractivity contribution < 1.29 is 4.79 Å². The Kier molecular flexibility index (Phi) is 5.09. The van der Waals surface area contributed by atoms with Crippen LogP contribution in [0.2, 0.25) is 5.02 Å². The van der Waals surface area contributed by atoms with Gasteiger partial charge < -0.3 is 4.90 Å². The van der Waals surface area contributed by atoms with Crippen LogP contribution in [-0.2, 0) is 0 Å². The Morgan fingerprint density at radius 3 is 2.87 bits per heavy atom. The van der Waals surface area contributed by atoms with Crippen molar-refractivity contribution >= 4 is 44.8 Å². The van der Waals surface area contributed by atoms with Crippen LogP contribution in [0, 0.1) is 0 Å². The summed E-state index contributed by atoms with van der Waals surface area (Å²) in [6.45, 7) is 2.80. The van der Waals surface area contributed by atoms with Crippen molar-refractivity contribution in [2.24, 2.45) is 0 Å². The van der Waals surface area contributed by atoms with Gasteiger partial charge in [-0.15, -0.1) is 11.3 Å². The van der Waals surface area contributed by atoms with Gasteiger partial charge in [-0.2, -0.15) is 0 Å². The predicted octanol–water partition coefficient (Wildman–Crippen LogP) is 3.65. The molecule has 0 aliphatic carbocycles. The summed E-state index contributed by atoms with van der Waals surface area (Å²) in [4.78, 5) is 14.6. The van der Waals surface area contributed by atoms with E-state index in [1.807, 2.05) is 5.38 Å². The van der Waals surface area contributed by atoms with Gasteiger partial charge in [-0.25, -0.2) is 0 Å². The molecule has 0 bridgehead atoms. The SMILES string of the molecule is CC(Br)CCN(C)C(=O)c1sccc1Cl. The van der Waals surface area contributed by atoms with Crippen LogP contribution in [-0.4, -0.2) is 29.2 Å². The number of alkyl halides is 1. The molecule has 0 radical (unpaired) electrons. The topological polar surface area (TPSA) is 20.3 Å². The number of hydrogen-bond acceptors (Lipinski definition) is 2. The lowest BCUT2D eigenvalue weighted by Gasteiger charge is -2.17. The van der Waals surface area contributed by atoms with Crippen LogP contribution in [0.4, 0.5) is 0 Å². The molecule has 84 valence electrons. The maximum absolute atomic E-state index is 11.9. The summed E-state index contributed by atoms with van der Waals surface area (Å²) < 4.78 is 0. The van der Waals surface area contributed by atoms with Gasteiger partial charge >= 0.3 is 0 Å². The van der Waals surface area contributed by atoms with Gasteiger partial charge in [0.2, 0.25) is 0 Å². The molecule has 0 fully saturated rings. The summed E-state index contributed by atoms with van der Waals surface area (Å²) in [5, 5.41) is 2.38. The van der Waals surface area contributed by atoms with Crippen molar-refractivity contribution in [3.05, 3.63) is 21.3 Å². The van der Waals surface area contributed by atoms with Gasteiger partial charge in [0.1, 0.15) is 4.88 Å². The Morgan fingerprint density at radius 1 is 1.73 bits per heavy atom. The third kappa shape index (κ3) is 3.78. The molecule has 1 unspecified atom stereocenters. The van der Waals surface area contributed by atoms with Crippen LogP contribution < -0.4 is 0 Å². The number of amides is 1. The maximum atomic E-state index is 11.9. The first-order valence-corrected chi connectivity index (χ1v) is 6.82. The van der Waals surface area contributed by atoms with Gasteiger partial charge in [-0.1, -0.05) is 34.5 Å². The van der Waals surface area contributed by atoms with Crippen LogP contribution in [0.5, 0.6) is 0 Å². The summed E-state index contributed by atoms with van der Waals surface area (Å²) in [6, 6.07) is 1.75. The standard InChI is InChI=1S/C10H13BrClNOS/c1-7(11)3-5-13(2)10(14)9-8(12)4-6-15-9/h4,6-7H,3,5H2,1-2H3. The highest BCUT2D eigenvalue weighted by atomic mass is 79.9. The third-order valence-electron chi connectivity index (χ3n) is 2.02. The molecule has 0 aromatic carbocycles. The molecule has 0 N–H and O–H groups in total. The van der Waals surface area contributed by atoms with Crippen molar-refractivity contribution in [2.75, 3.05) is 13.6 Å². The van der Waals surface area contributed by atoms with E-state index in [1.165, 1.54) is 11.3 Å². The first-order chi connectivity index (χ1) is 7.02. The van der Waals surface area contributed by atoms with Gasteiger partial charge in [-0.3, -0.25) is 4.79 Å². The average molecular weight is 311 g/mol. The molecular formula is C10H13BrClNOS. The molecule has 1 rings (SSSR count). The molecule has 1 aromatic heterocycles. The normalized spacial score (nSPS) is 12.5. The largest absolute Gasteiger partial charge is 0.341 e. The Labute approximate surface area is 107 Å². The number of halogens is 2. The molecule has 2 nitrogen and oxygen atoms in total. The molecule has 15 heavy (non-hydrogen) atoms. The number of rotatable bonds is 4. The zero-order chi connectivity index (χ0) is 11.4. The van der Waals surface area contributed by atoms with Crippen LogP contribution in [0.1, 0.15) is 23.0 Å². The van der Waals surface area contributed by atoms with Crippen LogP contribution in [0.3, 0.4) is 0 Å². The lowest BCUT2D eigenvalue weighted by Crippen LogP contribution is -2.28. The van der Waals surface area contributed by atoms with E-state index < -0.39 is 0 Å². The molecule has 1 amide bonds. The van der Waals surface area contributed by atoms with E-state index in [0.717, 1.165) is 13.0 Å². The zero-order valence-corrected chi connectivity index (χ0v) is 11.8. The summed E-state index contributed by atoms with van der Waals surface area (Å²) in [6.07, 6.45) is 0.936. The molecule has 0 saturated heterocycles. The summed E-state index contributed by atoms with van der Waals surface area (Å²) >= 11 is 10.7. The third-order valence-corrected chi connectivity index (χ3v) is 3.81. The van der Waals surface area contributed by atoms with Crippen molar-refractivity contribution in [2.45, 2.75) is 18.2 Å². The molecule has 0 aliphatic heterocycles. The van der Waals surface area contributed by atoms with E-state index in [2.05, 4.69) is 22.9 Å². The molecule has 0 spiro atoms. The van der Waals surface area contributed by atoms with Crippen LogP contribution in [0.15, 0.2) is 11.4 Å². The number of carbonyl (C=O) groups excluding carboxylic acids is 1. The van der Waals surface area contributed by atoms with Gasteiger partial charge in [0.15, 0.2) is 0 Å². The minimum Gasteiger partial charge on any atom is -0.341 e. The van der Waals surface area contributed by atoms with Crippen molar-refractivity contribution in [3.63, 3.8) is 0 Å². The Balaban J connectivity index is 2.57.